The van der Waals surface area contributed by atoms with Crippen LogP contribution in [0.1, 0.15) is 51.6 Å². The summed E-state index contributed by atoms with van der Waals surface area (Å²) in [5, 5.41) is 16.6. The van der Waals surface area contributed by atoms with E-state index < -0.39 is 23.6 Å². The molecule has 0 fully saturated rings. The van der Waals surface area contributed by atoms with Crippen LogP contribution in [-0.2, 0) is 6.18 Å². The molecule has 0 saturated heterocycles. The van der Waals surface area contributed by atoms with Crippen molar-refractivity contribution in [1.29, 1.82) is 0 Å². The van der Waals surface area contributed by atoms with Gasteiger partial charge in [-0.05, 0) is 67.4 Å². The molecule has 1 aromatic heterocycles. The van der Waals surface area contributed by atoms with E-state index in [0.29, 0.717) is 38.7 Å². The number of carbonyl (C=O) groups excluding carboxylic acids is 2. The molecule has 4 rings (SSSR count). The van der Waals surface area contributed by atoms with Crippen LogP contribution in [0.4, 0.5) is 29.7 Å². The highest BCUT2D eigenvalue weighted by Crippen LogP contribution is 2.31. The fourth-order valence-electron chi connectivity index (χ4n) is 3.64. The third kappa shape index (κ3) is 6.91. The smallest absolute Gasteiger partial charge is 0.322 e. The number of hydrogen-bond acceptors (Lipinski definition) is 7. The average Bonchev–Trinajstić information content (AvgIpc) is 3.33. The van der Waals surface area contributed by atoms with Gasteiger partial charge in [-0.2, -0.15) is 18.3 Å². The molecule has 0 spiro atoms. The van der Waals surface area contributed by atoms with Crippen molar-refractivity contribution in [2.75, 3.05) is 22.4 Å². The lowest BCUT2D eigenvalue weighted by molar-refractivity contribution is -0.137. The van der Waals surface area contributed by atoms with Crippen LogP contribution in [0.3, 0.4) is 0 Å². The highest BCUT2D eigenvalue weighted by Gasteiger charge is 2.30. The second-order valence-corrected chi connectivity index (χ2v) is 9.78. The van der Waals surface area contributed by atoms with Crippen LogP contribution in [0.2, 0.25) is 0 Å². The van der Waals surface area contributed by atoms with Crippen molar-refractivity contribution < 1.29 is 28.0 Å². The number of anilines is 3. The molecule has 0 aliphatic rings. The average molecular weight is 558 g/mol. The zero-order valence-electron chi connectivity index (χ0n) is 21.1. The first-order chi connectivity index (χ1) is 18.5. The highest BCUT2D eigenvalue weighted by molar-refractivity contribution is 7.22. The van der Waals surface area contributed by atoms with E-state index in [-0.39, 0.29) is 11.3 Å². The van der Waals surface area contributed by atoms with Crippen LogP contribution in [0.5, 0.6) is 0 Å². The van der Waals surface area contributed by atoms with E-state index in [1.165, 1.54) is 35.6 Å². The monoisotopic (exact) mass is 557 g/mol. The Balaban J connectivity index is 1.48. The van der Waals surface area contributed by atoms with Crippen LogP contribution in [0.15, 0.2) is 60.7 Å². The number of nitrogens with zero attached hydrogens (tertiary/aromatic N) is 2. The number of rotatable bonds is 9. The molecule has 204 valence electrons. The number of amides is 2. The van der Waals surface area contributed by atoms with Crippen molar-refractivity contribution in [2.45, 2.75) is 32.9 Å². The van der Waals surface area contributed by atoms with Gasteiger partial charge in [0.2, 0.25) is 5.13 Å². The van der Waals surface area contributed by atoms with Gasteiger partial charge in [0.25, 0.3) is 11.8 Å². The highest BCUT2D eigenvalue weighted by atomic mass is 32.1. The van der Waals surface area contributed by atoms with Gasteiger partial charge in [-0.15, -0.1) is 0 Å². The molecule has 12 heteroatoms. The van der Waals surface area contributed by atoms with Crippen molar-refractivity contribution in [3.63, 3.8) is 0 Å². The number of carbonyl (C=O) groups is 2. The summed E-state index contributed by atoms with van der Waals surface area (Å²) in [4.78, 5) is 30.1. The molecule has 4 N–H and O–H groups in total. The lowest BCUT2D eigenvalue weighted by Crippen LogP contribution is -2.35. The Bertz CT molecular complexity index is 1510. The fraction of sp³-hybridized carbons (Fsp3) is 0.222. The molecule has 0 aliphatic heterocycles. The Morgan fingerprint density at radius 1 is 1.00 bits per heavy atom. The van der Waals surface area contributed by atoms with Gasteiger partial charge in [0, 0.05) is 29.0 Å². The first kappa shape index (κ1) is 28.0. The third-order valence-corrected chi connectivity index (χ3v) is 6.80. The van der Waals surface area contributed by atoms with Crippen molar-refractivity contribution in [3.05, 3.63) is 82.9 Å². The molecule has 0 aliphatic carbocycles. The number of alkyl halides is 3. The molecule has 0 saturated carbocycles. The van der Waals surface area contributed by atoms with E-state index in [9.17, 15) is 28.0 Å². The van der Waals surface area contributed by atoms with Crippen LogP contribution < -0.4 is 21.2 Å². The molecule has 2 amide bonds. The predicted molar refractivity (Wildman–Crippen MR) is 145 cm³/mol. The number of hydrogen-bond donors (Lipinski definition) is 4. The largest absolute Gasteiger partial charge is 0.416 e. The van der Waals surface area contributed by atoms with Gasteiger partial charge in [-0.25, -0.2) is 10.4 Å². The fourth-order valence-corrected chi connectivity index (χ4v) is 4.54. The summed E-state index contributed by atoms with van der Waals surface area (Å²) < 4.78 is 39.7. The molecule has 3 aromatic carbocycles. The van der Waals surface area contributed by atoms with Gasteiger partial charge >= 0.3 is 6.18 Å². The first-order valence-electron chi connectivity index (χ1n) is 12.1. The zero-order valence-corrected chi connectivity index (χ0v) is 21.9. The Morgan fingerprint density at radius 3 is 2.46 bits per heavy atom. The van der Waals surface area contributed by atoms with Crippen molar-refractivity contribution in [2.24, 2.45) is 0 Å². The lowest BCUT2D eigenvalue weighted by Gasteiger charge is -2.13. The number of thiazole rings is 1. The van der Waals surface area contributed by atoms with Gasteiger partial charge in [-0.3, -0.25) is 14.8 Å². The zero-order chi connectivity index (χ0) is 28.2. The number of benzene rings is 3. The minimum absolute atomic E-state index is 0.000207. The summed E-state index contributed by atoms with van der Waals surface area (Å²) in [7, 11) is 0. The van der Waals surface area contributed by atoms with E-state index in [4.69, 9.17) is 0 Å². The standard InChI is InChI=1S/C27H26F3N5O3S/c1-3-4-12-31-35(38)26-34-21-11-10-18(14-23(21)39-26)25(37)33-22-13-17(9-8-16(22)2)24(36)32-20-7-5-6-19(15-20)27(28,29)30/h5-11,13-15,31,38H,3-4,12H2,1-2H3,(H,32,36)(H,33,37). The Labute approximate surface area is 226 Å². The Kier molecular flexibility index (Phi) is 8.48. The minimum Gasteiger partial charge on any atom is -0.322 e. The summed E-state index contributed by atoms with van der Waals surface area (Å²) in [5.74, 6) is -1.04. The van der Waals surface area contributed by atoms with Crippen LogP contribution in [0.25, 0.3) is 10.2 Å². The van der Waals surface area contributed by atoms with Crippen LogP contribution in [0, 0.1) is 6.92 Å². The molecule has 4 aromatic rings. The van der Waals surface area contributed by atoms with Crippen molar-refractivity contribution >= 4 is 49.9 Å². The summed E-state index contributed by atoms with van der Waals surface area (Å²) in [6, 6.07) is 13.9. The Morgan fingerprint density at radius 2 is 1.72 bits per heavy atom. The van der Waals surface area contributed by atoms with E-state index >= 15 is 0 Å². The van der Waals surface area contributed by atoms with Gasteiger partial charge in [0.1, 0.15) is 0 Å². The topological polar surface area (TPSA) is 107 Å². The summed E-state index contributed by atoms with van der Waals surface area (Å²) in [6.07, 6.45) is -2.67. The van der Waals surface area contributed by atoms with Crippen LogP contribution >= 0.6 is 11.3 Å². The summed E-state index contributed by atoms with van der Waals surface area (Å²) >= 11 is 1.21. The van der Waals surface area contributed by atoms with Crippen molar-refractivity contribution in [3.8, 4) is 0 Å². The molecule has 8 nitrogen and oxygen atoms in total. The maximum Gasteiger partial charge on any atom is 0.416 e. The Hall–Kier alpha value is -4.00. The maximum atomic E-state index is 13.0. The molecular weight excluding hydrogens is 531 g/mol. The SMILES string of the molecule is CCCCNN(O)c1nc2ccc(C(=O)Nc3cc(C(=O)Nc4cccc(C(F)(F)F)c4)ccc3C)cc2s1. The number of unbranched alkanes of at least 4 members (excludes halogenated alkanes) is 1. The molecule has 0 unspecified atom stereocenters. The molecular formula is C27H26F3N5O3S. The van der Waals surface area contributed by atoms with Gasteiger partial charge < -0.3 is 10.6 Å². The number of aromatic nitrogens is 1. The number of hydrazine groups is 1. The molecule has 0 atom stereocenters. The molecule has 39 heavy (non-hydrogen) atoms. The van der Waals surface area contributed by atoms with Gasteiger partial charge in [-0.1, -0.05) is 36.8 Å². The van der Waals surface area contributed by atoms with E-state index in [0.717, 1.165) is 30.1 Å². The third-order valence-electron chi connectivity index (χ3n) is 5.81. The second-order valence-electron chi connectivity index (χ2n) is 8.77. The molecule has 0 bridgehead atoms. The summed E-state index contributed by atoms with van der Waals surface area (Å²) in [5.41, 5.74) is 4.17. The van der Waals surface area contributed by atoms with Crippen LogP contribution in [-0.4, -0.2) is 28.6 Å². The summed E-state index contributed by atoms with van der Waals surface area (Å²) in [6.45, 7) is 4.39. The van der Waals surface area contributed by atoms with Gasteiger partial charge in [0.05, 0.1) is 15.8 Å². The number of nitrogens with one attached hydrogen (secondary N) is 3. The van der Waals surface area contributed by atoms with Gasteiger partial charge in [0.15, 0.2) is 0 Å². The quantitative estimate of drug-likeness (QED) is 0.136. The van der Waals surface area contributed by atoms with Crippen molar-refractivity contribution in [1.82, 2.24) is 10.4 Å². The minimum atomic E-state index is -4.53. The van der Waals surface area contributed by atoms with E-state index in [1.54, 1.807) is 31.2 Å². The first-order valence-corrected chi connectivity index (χ1v) is 12.9. The number of halogens is 3. The maximum absolute atomic E-state index is 13.0. The number of fused-ring (bicyclic) bond motifs is 1. The van der Waals surface area contributed by atoms with E-state index in [1.807, 2.05) is 6.92 Å². The van der Waals surface area contributed by atoms with E-state index in [2.05, 4.69) is 21.0 Å². The number of aryl methyl sites for hydroxylation is 1. The normalized spacial score (nSPS) is 11.4. The predicted octanol–water partition coefficient (Wildman–Crippen LogP) is 6.63. The molecule has 1 heterocycles. The lowest BCUT2D eigenvalue weighted by atomic mass is 10.1. The second kappa shape index (κ2) is 11.8. The molecule has 0 radical (unpaired) electrons.